The Bertz CT molecular complexity index is 1170. The molecule has 4 rings (SSSR count). The number of ether oxygens (including phenoxy) is 2. The van der Waals surface area contributed by atoms with Gasteiger partial charge in [-0.15, -0.1) is 0 Å². The molecule has 0 atom stereocenters. The molecule has 0 aromatic heterocycles. The smallest absolute Gasteiger partial charge is 0.267 e. The van der Waals surface area contributed by atoms with Gasteiger partial charge in [0.2, 0.25) is 0 Å². The van der Waals surface area contributed by atoms with Crippen LogP contribution in [0.1, 0.15) is 40.2 Å². The van der Waals surface area contributed by atoms with E-state index in [0.717, 1.165) is 11.3 Å². The van der Waals surface area contributed by atoms with Crippen LogP contribution in [-0.4, -0.2) is 43.3 Å². The summed E-state index contributed by atoms with van der Waals surface area (Å²) in [4.78, 5) is 25.5. The Hall–Kier alpha value is -4.10. The Labute approximate surface area is 210 Å². The molecule has 1 saturated carbocycles. The lowest BCUT2D eigenvalue weighted by molar-refractivity contribution is -0.117. The zero-order valence-corrected chi connectivity index (χ0v) is 20.0. The van der Waals surface area contributed by atoms with Crippen molar-refractivity contribution in [2.24, 2.45) is 0 Å². The summed E-state index contributed by atoms with van der Waals surface area (Å²) in [5.74, 6) is 1.13. The number of hydrogen-bond donors (Lipinski definition) is 3. The average Bonchev–Trinajstić information content (AvgIpc) is 3.76. The highest BCUT2D eigenvalue weighted by atomic mass is 16.5. The zero-order chi connectivity index (χ0) is 25.2. The number of rotatable bonds is 12. The molecular formula is C29H30N2O5. The summed E-state index contributed by atoms with van der Waals surface area (Å²) in [6.45, 7) is 0.649. The maximum Gasteiger partial charge on any atom is 0.267 e. The number of carbonyl (C=O) groups is 2. The molecule has 0 bridgehead atoms. The van der Waals surface area contributed by atoms with Crippen molar-refractivity contribution in [3.05, 3.63) is 101 Å². The fraction of sp³-hybridized carbons (Fsp3) is 0.241. The van der Waals surface area contributed by atoms with Gasteiger partial charge in [0.15, 0.2) is 0 Å². The Morgan fingerprint density at radius 3 is 2.11 bits per heavy atom. The van der Waals surface area contributed by atoms with E-state index >= 15 is 0 Å². The zero-order valence-electron chi connectivity index (χ0n) is 20.0. The van der Waals surface area contributed by atoms with Crippen LogP contribution in [0.4, 0.5) is 0 Å². The number of aliphatic hydroxyl groups is 1. The van der Waals surface area contributed by atoms with E-state index in [1.165, 1.54) is 18.4 Å². The van der Waals surface area contributed by atoms with Crippen molar-refractivity contribution >= 4 is 17.9 Å². The van der Waals surface area contributed by atoms with E-state index in [1.54, 1.807) is 30.3 Å². The lowest BCUT2D eigenvalue weighted by Crippen LogP contribution is -2.36. The summed E-state index contributed by atoms with van der Waals surface area (Å²) < 4.78 is 11.3. The van der Waals surface area contributed by atoms with E-state index in [9.17, 15) is 9.59 Å². The lowest BCUT2D eigenvalue weighted by atomic mass is 10.1. The second kappa shape index (κ2) is 12.6. The topological polar surface area (TPSA) is 96.9 Å². The van der Waals surface area contributed by atoms with Gasteiger partial charge in [0.25, 0.3) is 11.8 Å². The van der Waals surface area contributed by atoms with E-state index in [-0.39, 0.29) is 18.8 Å². The molecular weight excluding hydrogens is 456 g/mol. The van der Waals surface area contributed by atoms with Crippen LogP contribution in [0.3, 0.4) is 0 Å². The maximum absolute atomic E-state index is 12.9. The highest BCUT2D eigenvalue weighted by Gasteiger charge is 2.23. The quantitative estimate of drug-likeness (QED) is 0.267. The largest absolute Gasteiger partial charge is 0.490 e. The van der Waals surface area contributed by atoms with E-state index < -0.39 is 11.8 Å². The third kappa shape index (κ3) is 7.45. The molecule has 0 radical (unpaired) electrons. The van der Waals surface area contributed by atoms with Gasteiger partial charge < -0.3 is 25.2 Å². The SMILES string of the molecule is O=C(NCCO)/C(=C/c1ccc(C2CC2)cc1)NC(=O)c1ccc(OCCOc2ccccc2)cc1. The third-order valence-electron chi connectivity index (χ3n) is 5.67. The number of para-hydroxylation sites is 1. The van der Waals surface area contributed by atoms with E-state index in [4.69, 9.17) is 14.6 Å². The van der Waals surface area contributed by atoms with Crippen LogP contribution in [0.25, 0.3) is 6.08 Å². The van der Waals surface area contributed by atoms with Crippen molar-refractivity contribution in [2.75, 3.05) is 26.4 Å². The molecule has 0 spiro atoms. The molecule has 3 aromatic rings. The molecule has 1 aliphatic rings. The molecule has 1 aliphatic carbocycles. The predicted octanol–water partition coefficient (Wildman–Crippen LogP) is 3.90. The van der Waals surface area contributed by atoms with Crippen LogP contribution >= 0.6 is 0 Å². The van der Waals surface area contributed by atoms with Crippen molar-refractivity contribution in [3.63, 3.8) is 0 Å². The molecule has 0 saturated heterocycles. The van der Waals surface area contributed by atoms with Gasteiger partial charge in [0.1, 0.15) is 30.4 Å². The molecule has 3 aromatic carbocycles. The van der Waals surface area contributed by atoms with Crippen molar-refractivity contribution in [2.45, 2.75) is 18.8 Å². The van der Waals surface area contributed by atoms with Crippen LogP contribution in [0.15, 0.2) is 84.6 Å². The summed E-state index contributed by atoms with van der Waals surface area (Å²) in [5, 5.41) is 14.3. The van der Waals surface area contributed by atoms with Crippen LogP contribution in [-0.2, 0) is 4.79 Å². The number of hydrogen-bond acceptors (Lipinski definition) is 5. The predicted molar refractivity (Wildman–Crippen MR) is 138 cm³/mol. The fourth-order valence-electron chi connectivity index (χ4n) is 3.60. The first kappa shape index (κ1) is 25.0. The first-order valence-corrected chi connectivity index (χ1v) is 12.0. The summed E-state index contributed by atoms with van der Waals surface area (Å²) in [6, 6.07) is 24.1. The Balaban J connectivity index is 1.35. The molecule has 2 amide bonds. The minimum absolute atomic E-state index is 0.0900. The first-order chi connectivity index (χ1) is 17.6. The summed E-state index contributed by atoms with van der Waals surface area (Å²) in [5.41, 5.74) is 2.57. The number of nitrogens with one attached hydrogen (secondary N) is 2. The van der Waals surface area contributed by atoms with Gasteiger partial charge in [0.05, 0.1) is 6.61 Å². The van der Waals surface area contributed by atoms with Crippen molar-refractivity contribution in [1.29, 1.82) is 0 Å². The van der Waals surface area contributed by atoms with Gasteiger partial charge in [-0.05, 0) is 72.4 Å². The van der Waals surface area contributed by atoms with Crippen molar-refractivity contribution in [1.82, 2.24) is 10.6 Å². The molecule has 3 N–H and O–H groups in total. The second-order valence-corrected chi connectivity index (χ2v) is 8.47. The number of amides is 2. The van der Waals surface area contributed by atoms with E-state index in [1.807, 2.05) is 42.5 Å². The Morgan fingerprint density at radius 2 is 1.50 bits per heavy atom. The van der Waals surface area contributed by atoms with Gasteiger partial charge in [-0.25, -0.2) is 0 Å². The van der Waals surface area contributed by atoms with Crippen LogP contribution in [0.5, 0.6) is 11.5 Å². The highest BCUT2D eigenvalue weighted by molar-refractivity contribution is 6.05. The maximum atomic E-state index is 12.9. The molecule has 0 unspecified atom stereocenters. The molecule has 1 fully saturated rings. The Morgan fingerprint density at radius 1 is 0.861 bits per heavy atom. The monoisotopic (exact) mass is 486 g/mol. The van der Waals surface area contributed by atoms with Gasteiger partial charge in [-0.1, -0.05) is 42.5 Å². The summed E-state index contributed by atoms with van der Waals surface area (Å²) in [7, 11) is 0. The fourth-order valence-corrected chi connectivity index (χ4v) is 3.60. The van der Waals surface area contributed by atoms with Gasteiger partial charge >= 0.3 is 0 Å². The first-order valence-electron chi connectivity index (χ1n) is 12.0. The summed E-state index contributed by atoms with van der Waals surface area (Å²) in [6.07, 6.45) is 4.06. The molecule has 7 nitrogen and oxygen atoms in total. The number of carbonyl (C=O) groups excluding carboxylic acids is 2. The molecule has 0 heterocycles. The van der Waals surface area contributed by atoms with Crippen LogP contribution < -0.4 is 20.1 Å². The molecule has 36 heavy (non-hydrogen) atoms. The van der Waals surface area contributed by atoms with Gasteiger partial charge in [-0.2, -0.15) is 0 Å². The normalized spacial score (nSPS) is 13.1. The Kier molecular flexibility index (Phi) is 8.72. The molecule has 186 valence electrons. The number of aliphatic hydroxyl groups excluding tert-OH is 1. The standard InChI is InChI=1S/C29H30N2O5/c32-17-16-30-29(34)27(20-21-6-8-22(9-7-21)23-10-11-23)31-28(33)24-12-14-26(15-13-24)36-19-18-35-25-4-2-1-3-5-25/h1-9,12-15,20,23,32H,10-11,16-19H2,(H,30,34)(H,31,33)/b27-20-. The second-order valence-electron chi connectivity index (χ2n) is 8.47. The van der Waals surface area contributed by atoms with E-state index in [0.29, 0.717) is 30.4 Å². The van der Waals surface area contributed by atoms with Gasteiger partial charge in [-0.3, -0.25) is 9.59 Å². The van der Waals surface area contributed by atoms with E-state index in [2.05, 4.69) is 22.8 Å². The third-order valence-corrected chi connectivity index (χ3v) is 5.67. The van der Waals surface area contributed by atoms with Gasteiger partial charge in [0, 0.05) is 12.1 Å². The number of benzene rings is 3. The average molecular weight is 487 g/mol. The summed E-state index contributed by atoms with van der Waals surface area (Å²) >= 11 is 0. The minimum atomic E-state index is -0.470. The highest BCUT2D eigenvalue weighted by Crippen LogP contribution is 2.39. The van der Waals surface area contributed by atoms with Crippen LogP contribution in [0, 0.1) is 0 Å². The molecule has 0 aliphatic heterocycles. The lowest BCUT2D eigenvalue weighted by Gasteiger charge is -2.12. The minimum Gasteiger partial charge on any atom is -0.490 e. The molecule has 7 heteroatoms. The van der Waals surface area contributed by atoms with Crippen molar-refractivity contribution < 1.29 is 24.2 Å². The van der Waals surface area contributed by atoms with Crippen LogP contribution in [0.2, 0.25) is 0 Å². The van der Waals surface area contributed by atoms with Crippen molar-refractivity contribution in [3.8, 4) is 11.5 Å².